The molecule has 15 nitrogen and oxygen atoms in total. The summed E-state index contributed by atoms with van der Waals surface area (Å²) in [6, 6.07) is -1.33. The van der Waals surface area contributed by atoms with Crippen LogP contribution in [0.4, 0.5) is 5.13 Å². The summed E-state index contributed by atoms with van der Waals surface area (Å²) in [6.45, 7) is 3.46. The van der Waals surface area contributed by atoms with Crippen LogP contribution in [0, 0.1) is 0 Å². The first-order chi connectivity index (χ1) is 18.0. The number of β-lactam (4-membered cyclic amide) rings is 1. The molecule has 2 aromatic rings. The van der Waals surface area contributed by atoms with E-state index in [0.29, 0.717) is 5.57 Å². The normalized spacial score (nSPS) is 19.3. The lowest BCUT2D eigenvalue weighted by Gasteiger charge is -2.49. The van der Waals surface area contributed by atoms with E-state index in [1.54, 1.807) is 13.8 Å². The quantitative estimate of drug-likeness (QED) is 0.131. The molecule has 1 unspecified atom stereocenters. The van der Waals surface area contributed by atoms with Crippen LogP contribution in [-0.4, -0.2) is 88.4 Å². The molecule has 2 aliphatic heterocycles. The van der Waals surface area contributed by atoms with Crippen LogP contribution in [0.15, 0.2) is 31.8 Å². The first kappa shape index (κ1) is 27.4. The lowest BCUT2D eigenvalue weighted by atomic mass is 10.0. The number of anilines is 1. The monoisotopic (exact) mass is 582 g/mol. The highest BCUT2D eigenvalue weighted by molar-refractivity contribution is 8.01. The summed E-state index contributed by atoms with van der Waals surface area (Å²) >= 11 is 3.45. The summed E-state index contributed by atoms with van der Waals surface area (Å²) in [5.41, 5.74) is 5.16. The van der Waals surface area contributed by atoms with Gasteiger partial charge in [-0.25, -0.2) is 9.78 Å². The molecule has 2 aromatic heterocycles. The predicted octanol–water partition coefficient (Wildman–Crippen LogP) is -0.155. The number of aromatic nitrogens is 4. The molecule has 202 valence electrons. The standard InChI is InChI=1S/C20H22N8O7S3/c1-7(2)27-16(32)14(30)24-25-20(27)38-5-8-4-36-17-11(15(31)28(17)12(8)18(33)34)23-13(29)10(26-35-3)9-6-37-19(21)22-9/h6-7,11,17H,4-5H2,1-3H3,(H2,21,22)(H,23,29)(H,24,30)(H,33,34)/b26-10-/t11?,17-/m1/s1. The van der Waals surface area contributed by atoms with Gasteiger partial charge in [0.1, 0.15) is 29.9 Å². The van der Waals surface area contributed by atoms with E-state index in [2.05, 4.69) is 25.7 Å². The summed E-state index contributed by atoms with van der Waals surface area (Å²) in [5.74, 6) is -3.02. The number of nitrogens with two attached hydrogens (primary N) is 1. The highest BCUT2D eigenvalue weighted by Crippen LogP contribution is 2.41. The Labute approximate surface area is 227 Å². The van der Waals surface area contributed by atoms with Crippen molar-refractivity contribution in [2.45, 2.75) is 36.5 Å². The Bertz CT molecular complexity index is 1420. The van der Waals surface area contributed by atoms with Gasteiger partial charge in [-0.3, -0.25) is 23.9 Å². The van der Waals surface area contributed by atoms with Crippen molar-refractivity contribution < 1.29 is 29.4 Å². The van der Waals surface area contributed by atoms with Gasteiger partial charge in [0.15, 0.2) is 16.0 Å². The number of thioether (sulfide) groups is 2. The van der Waals surface area contributed by atoms with E-state index < -0.39 is 40.6 Å². The number of thiazole rings is 1. The largest absolute Gasteiger partial charge is 0.488 e. The number of nitrogens with zero attached hydrogens (tertiary/aromatic N) is 6. The van der Waals surface area contributed by atoms with Gasteiger partial charge in [0, 0.05) is 22.9 Å². The van der Waals surface area contributed by atoms with Crippen molar-refractivity contribution in [2.24, 2.45) is 5.16 Å². The fourth-order valence-electron chi connectivity index (χ4n) is 3.78. The summed E-state index contributed by atoms with van der Waals surface area (Å²) in [5, 5.41) is 34.4. The topological polar surface area (TPSA) is 215 Å². The first-order valence-electron chi connectivity index (χ1n) is 10.9. The van der Waals surface area contributed by atoms with Gasteiger partial charge in [-0.1, -0.05) is 16.9 Å². The molecule has 1 fully saturated rings. The second kappa shape index (κ2) is 11.0. The van der Waals surface area contributed by atoms with Gasteiger partial charge >= 0.3 is 11.5 Å². The second-order valence-electron chi connectivity index (χ2n) is 8.18. The first-order valence-corrected chi connectivity index (χ1v) is 13.8. The molecular formula is C20H22N8O7S3. The van der Waals surface area contributed by atoms with Crippen molar-refractivity contribution in [3.63, 3.8) is 0 Å². The zero-order valence-corrected chi connectivity index (χ0v) is 22.6. The molecular weight excluding hydrogens is 560 g/mol. The molecule has 0 aromatic carbocycles. The molecule has 0 radical (unpaired) electrons. The summed E-state index contributed by atoms with van der Waals surface area (Å²) in [7, 11) is 1.25. The molecule has 0 saturated carbocycles. The Kier molecular flexibility index (Phi) is 7.93. The molecule has 38 heavy (non-hydrogen) atoms. The molecule has 18 heteroatoms. The van der Waals surface area contributed by atoms with E-state index in [4.69, 9.17) is 10.6 Å². The minimum absolute atomic E-state index is 0.101. The average Bonchev–Trinajstić information content (AvgIpc) is 3.30. The van der Waals surface area contributed by atoms with Crippen LogP contribution >= 0.6 is 34.9 Å². The van der Waals surface area contributed by atoms with Gasteiger partial charge in [0.2, 0.25) is 0 Å². The Hall–Kier alpha value is -3.64. The van der Waals surface area contributed by atoms with Gasteiger partial charge in [-0.15, -0.1) is 33.3 Å². The highest BCUT2D eigenvalue weighted by atomic mass is 32.2. The van der Waals surface area contributed by atoms with Gasteiger partial charge in [-0.05, 0) is 19.4 Å². The number of oxime groups is 1. The lowest BCUT2D eigenvalue weighted by Crippen LogP contribution is -2.71. The fourth-order valence-corrected chi connectivity index (χ4v) is 6.87. The molecule has 0 bridgehead atoms. The van der Waals surface area contributed by atoms with Gasteiger partial charge in [0.25, 0.3) is 17.7 Å². The van der Waals surface area contributed by atoms with E-state index in [-0.39, 0.29) is 44.9 Å². The third-order valence-electron chi connectivity index (χ3n) is 5.44. The molecule has 2 aliphatic rings. The maximum atomic E-state index is 13.0. The maximum absolute atomic E-state index is 13.0. The van der Waals surface area contributed by atoms with Crippen LogP contribution in [0.3, 0.4) is 0 Å². The smallest absolute Gasteiger partial charge is 0.352 e. The summed E-state index contributed by atoms with van der Waals surface area (Å²) in [6.07, 6.45) is 0. The predicted molar refractivity (Wildman–Crippen MR) is 139 cm³/mol. The maximum Gasteiger partial charge on any atom is 0.352 e. The molecule has 1 saturated heterocycles. The number of carboxylic acids is 1. The fraction of sp³-hybridized carbons (Fsp3) is 0.400. The molecule has 2 amide bonds. The zero-order chi connectivity index (χ0) is 27.7. The molecule has 5 N–H and O–H groups in total. The SMILES string of the molecule is CO/N=C(\C(=O)NC1C(=O)N2C(C(=O)O)=C(CSc3nnc(O)c(=O)n3C(C)C)CS[C@H]12)c1csc(N)n1. The number of nitrogen functional groups attached to an aromatic ring is 1. The van der Waals surface area contributed by atoms with E-state index in [9.17, 15) is 29.4 Å². The number of aromatic hydroxyl groups is 1. The molecule has 4 heterocycles. The number of nitrogens with one attached hydrogen (secondary N) is 1. The van der Waals surface area contributed by atoms with E-state index in [1.807, 2.05) is 0 Å². The number of carbonyl (C=O) groups excluding carboxylic acids is 2. The average molecular weight is 583 g/mol. The Morgan fingerprint density at radius 1 is 1.37 bits per heavy atom. The summed E-state index contributed by atoms with van der Waals surface area (Å²) < 4.78 is 1.25. The Morgan fingerprint density at radius 3 is 2.71 bits per heavy atom. The van der Waals surface area contributed by atoms with Crippen LogP contribution in [-0.2, 0) is 19.2 Å². The van der Waals surface area contributed by atoms with E-state index in [1.165, 1.54) is 28.8 Å². The van der Waals surface area contributed by atoms with Crippen molar-refractivity contribution >= 4 is 63.5 Å². The number of amides is 2. The van der Waals surface area contributed by atoms with Crippen LogP contribution in [0.1, 0.15) is 25.6 Å². The van der Waals surface area contributed by atoms with E-state index >= 15 is 0 Å². The number of rotatable bonds is 9. The van der Waals surface area contributed by atoms with Crippen LogP contribution in [0.25, 0.3) is 0 Å². The number of aliphatic carboxylic acids is 1. The number of fused-ring (bicyclic) bond motifs is 1. The number of carboxylic acid groups (broad SMARTS) is 1. The van der Waals surface area contributed by atoms with Crippen molar-refractivity contribution in [3.05, 3.63) is 32.7 Å². The zero-order valence-electron chi connectivity index (χ0n) is 20.1. The Morgan fingerprint density at radius 2 is 2.11 bits per heavy atom. The minimum Gasteiger partial charge on any atom is -0.488 e. The van der Waals surface area contributed by atoms with Crippen molar-refractivity contribution in [2.75, 3.05) is 24.3 Å². The lowest BCUT2D eigenvalue weighted by molar-refractivity contribution is -0.150. The van der Waals surface area contributed by atoms with Crippen LogP contribution < -0.4 is 16.6 Å². The van der Waals surface area contributed by atoms with Gasteiger partial charge < -0.3 is 26.1 Å². The molecule has 2 atom stereocenters. The van der Waals surface area contributed by atoms with Gasteiger partial charge in [0.05, 0.1) is 0 Å². The highest BCUT2D eigenvalue weighted by Gasteiger charge is 2.54. The van der Waals surface area contributed by atoms with Gasteiger partial charge in [-0.2, -0.15) is 0 Å². The molecule has 0 aliphatic carbocycles. The molecule has 0 spiro atoms. The summed E-state index contributed by atoms with van der Waals surface area (Å²) in [4.78, 5) is 60.2. The Balaban J connectivity index is 1.53. The van der Waals surface area contributed by atoms with Crippen molar-refractivity contribution in [1.82, 2.24) is 30.0 Å². The second-order valence-corrected chi connectivity index (χ2v) is 11.1. The van der Waals surface area contributed by atoms with Crippen LogP contribution in [0.2, 0.25) is 0 Å². The minimum atomic E-state index is -1.30. The van der Waals surface area contributed by atoms with Crippen LogP contribution in [0.5, 0.6) is 5.88 Å². The number of hydrogen-bond donors (Lipinski definition) is 4. The number of hydrogen-bond acceptors (Lipinski definition) is 14. The third kappa shape index (κ3) is 5.05. The van der Waals surface area contributed by atoms with Crippen molar-refractivity contribution in [1.29, 1.82) is 0 Å². The third-order valence-corrected chi connectivity index (χ3v) is 8.48. The van der Waals surface area contributed by atoms with Crippen molar-refractivity contribution in [3.8, 4) is 5.88 Å². The number of carbonyl (C=O) groups is 3. The molecule has 4 rings (SSSR count). The van der Waals surface area contributed by atoms with E-state index in [0.717, 1.165) is 28.0 Å².